The highest BCUT2D eigenvalue weighted by Gasteiger charge is 2.31. The lowest BCUT2D eigenvalue weighted by molar-refractivity contribution is -0.153. The topological polar surface area (TPSA) is 59.0 Å². The second kappa shape index (κ2) is 7.11. The molecule has 0 radical (unpaired) electrons. The molecule has 6 heteroatoms. The van der Waals surface area contributed by atoms with Crippen LogP contribution < -0.4 is 4.74 Å². The van der Waals surface area contributed by atoms with E-state index in [-0.39, 0.29) is 24.7 Å². The molecule has 1 amide bonds. The fraction of sp³-hybridized carbons (Fsp3) is 0.533. The van der Waals surface area contributed by atoms with Gasteiger partial charge in [-0.05, 0) is 32.0 Å². The minimum absolute atomic E-state index is 0.0989. The third-order valence-corrected chi connectivity index (χ3v) is 3.53. The summed E-state index contributed by atoms with van der Waals surface area (Å²) in [6.07, 6.45) is -1.05. The molecule has 0 aliphatic carbocycles. The number of hydrogen-bond donors (Lipinski definition) is 1. The van der Waals surface area contributed by atoms with Crippen LogP contribution in [0.1, 0.15) is 13.8 Å². The van der Waals surface area contributed by atoms with Gasteiger partial charge in [-0.25, -0.2) is 0 Å². The highest BCUT2D eigenvalue weighted by Crippen LogP contribution is 2.19. The van der Waals surface area contributed by atoms with Crippen molar-refractivity contribution in [3.8, 4) is 5.75 Å². The van der Waals surface area contributed by atoms with Crippen molar-refractivity contribution in [2.75, 3.05) is 19.7 Å². The summed E-state index contributed by atoms with van der Waals surface area (Å²) in [7, 11) is 0. The molecule has 116 valence electrons. The van der Waals surface area contributed by atoms with Crippen LogP contribution in [0.4, 0.5) is 0 Å². The van der Waals surface area contributed by atoms with Gasteiger partial charge < -0.3 is 19.5 Å². The minimum Gasteiger partial charge on any atom is -0.481 e. The molecule has 1 heterocycles. The van der Waals surface area contributed by atoms with E-state index in [1.807, 2.05) is 6.92 Å². The Hall–Kier alpha value is -1.30. The van der Waals surface area contributed by atoms with Crippen molar-refractivity contribution in [1.29, 1.82) is 0 Å². The Kier molecular flexibility index (Phi) is 5.45. The van der Waals surface area contributed by atoms with E-state index < -0.39 is 6.10 Å². The standard InChI is InChI=1S/C15H20ClNO4/c1-10-7-17(8-14(9-18)20-10)15(19)11(2)21-13-5-3-4-12(16)6-13/h3-6,10-11,14,18H,7-9H2,1-2H3. The average molecular weight is 314 g/mol. The molecule has 1 saturated heterocycles. The first-order valence-electron chi connectivity index (χ1n) is 6.97. The van der Waals surface area contributed by atoms with Gasteiger partial charge in [0.2, 0.25) is 0 Å². The monoisotopic (exact) mass is 313 g/mol. The molecular weight excluding hydrogens is 294 g/mol. The first-order valence-corrected chi connectivity index (χ1v) is 7.34. The van der Waals surface area contributed by atoms with Crippen molar-refractivity contribution in [1.82, 2.24) is 4.90 Å². The fourth-order valence-electron chi connectivity index (χ4n) is 2.38. The summed E-state index contributed by atoms with van der Waals surface area (Å²) in [4.78, 5) is 14.1. The van der Waals surface area contributed by atoms with Crippen molar-refractivity contribution in [3.63, 3.8) is 0 Å². The van der Waals surface area contributed by atoms with E-state index >= 15 is 0 Å². The number of amides is 1. The Bertz CT molecular complexity index is 496. The van der Waals surface area contributed by atoms with Crippen LogP contribution in [-0.2, 0) is 9.53 Å². The summed E-state index contributed by atoms with van der Waals surface area (Å²) >= 11 is 5.89. The predicted molar refractivity (Wildman–Crippen MR) is 79.5 cm³/mol. The lowest BCUT2D eigenvalue weighted by Crippen LogP contribution is -2.53. The van der Waals surface area contributed by atoms with Crippen LogP contribution in [0, 0.1) is 0 Å². The summed E-state index contributed by atoms with van der Waals surface area (Å²) in [5, 5.41) is 9.77. The van der Waals surface area contributed by atoms with E-state index in [9.17, 15) is 9.90 Å². The number of ether oxygens (including phenoxy) is 2. The van der Waals surface area contributed by atoms with Crippen LogP contribution in [0.15, 0.2) is 24.3 Å². The van der Waals surface area contributed by atoms with Crippen molar-refractivity contribution in [3.05, 3.63) is 29.3 Å². The minimum atomic E-state index is -0.617. The highest BCUT2D eigenvalue weighted by molar-refractivity contribution is 6.30. The quantitative estimate of drug-likeness (QED) is 0.919. The second-order valence-corrected chi connectivity index (χ2v) is 5.65. The summed E-state index contributed by atoms with van der Waals surface area (Å²) in [5.41, 5.74) is 0. The molecule has 1 aliphatic rings. The fourth-order valence-corrected chi connectivity index (χ4v) is 2.56. The first kappa shape index (κ1) is 16.1. The molecule has 3 unspecified atom stereocenters. The maximum Gasteiger partial charge on any atom is 0.263 e. The number of aliphatic hydroxyl groups excluding tert-OH is 1. The summed E-state index contributed by atoms with van der Waals surface area (Å²) in [6, 6.07) is 6.95. The SMILES string of the molecule is CC1CN(C(=O)C(C)Oc2cccc(Cl)c2)CC(CO)O1. The number of rotatable bonds is 4. The number of aliphatic hydroxyl groups is 1. The third-order valence-electron chi connectivity index (χ3n) is 3.30. The highest BCUT2D eigenvalue weighted by atomic mass is 35.5. The number of carbonyl (C=O) groups excluding carboxylic acids is 1. The molecular formula is C15H20ClNO4. The zero-order valence-corrected chi connectivity index (χ0v) is 12.9. The zero-order chi connectivity index (χ0) is 15.4. The van der Waals surface area contributed by atoms with E-state index in [1.165, 1.54) is 0 Å². The largest absolute Gasteiger partial charge is 0.481 e. The van der Waals surface area contributed by atoms with Crippen LogP contribution in [0.3, 0.4) is 0 Å². The van der Waals surface area contributed by atoms with Crippen molar-refractivity contribution < 1.29 is 19.4 Å². The third kappa shape index (κ3) is 4.33. The van der Waals surface area contributed by atoms with Crippen LogP contribution in [0.25, 0.3) is 0 Å². The lowest BCUT2D eigenvalue weighted by Gasteiger charge is -2.37. The normalized spacial score (nSPS) is 23.7. The van der Waals surface area contributed by atoms with E-state index in [4.69, 9.17) is 21.1 Å². The molecule has 1 fully saturated rings. The summed E-state index contributed by atoms with van der Waals surface area (Å²) < 4.78 is 11.2. The van der Waals surface area contributed by atoms with E-state index in [0.29, 0.717) is 23.9 Å². The predicted octanol–water partition coefficient (Wildman–Crippen LogP) is 1.72. The molecule has 1 N–H and O–H groups in total. The van der Waals surface area contributed by atoms with E-state index in [2.05, 4.69) is 0 Å². The van der Waals surface area contributed by atoms with Gasteiger partial charge in [-0.3, -0.25) is 4.79 Å². The molecule has 0 spiro atoms. The lowest BCUT2D eigenvalue weighted by atomic mass is 10.2. The molecule has 3 atom stereocenters. The molecule has 2 rings (SSSR count). The van der Waals surface area contributed by atoms with Gasteiger partial charge in [-0.15, -0.1) is 0 Å². The Morgan fingerprint density at radius 3 is 3.00 bits per heavy atom. The molecule has 5 nitrogen and oxygen atoms in total. The van der Waals surface area contributed by atoms with Crippen LogP contribution in [0.2, 0.25) is 5.02 Å². The number of nitrogens with zero attached hydrogens (tertiary/aromatic N) is 1. The summed E-state index contributed by atoms with van der Waals surface area (Å²) in [5.74, 6) is 0.437. The van der Waals surface area contributed by atoms with Gasteiger partial charge in [0, 0.05) is 18.1 Å². The molecule has 0 bridgehead atoms. The van der Waals surface area contributed by atoms with Gasteiger partial charge >= 0.3 is 0 Å². The Labute approximate surface area is 129 Å². The van der Waals surface area contributed by atoms with Crippen molar-refractivity contribution >= 4 is 17.5 Å². The smallest absolute Gasteiger partial charge is 0.263 e. The van der Waals surface area contributed by atoms with E-state index in [1.54, 1.807) is 36.1 Å². The van der Waals surface area contributed by atoms with E-state index in [0.717, 1.165) is 0 Å². The number of morpholine rings is 1. The molecule has 1 aliphatic heterocycles. The Balaban J connectivity index is 1.98. The molecule has 0 saturated carbocycles. The van der Waals surface area contributed by atoms with Gasteiger partial charge in [-0.2, -0.15) is 0 Å². The van der Waals surface area contributed by atoms with Crippen LogP contribution in [0.5, 0.6) is 5.75 Å². The summed E-state index contributed by atoms with van der Waals surface area (Å²) in [6.45, 7) is 4.36. The number of benzene rings is 1. The maximum absolute atomic E-state index is 12.4. The zero-order valence-electron chi connectivity index (χ0n) is 12.2. The van der Waals surface area contributed by atoms with Gasteiger partial charge in [0.1, 0.15) is 5.75 Å². The average Bonchev–Trinajstić information content (AvgIpc) is 2.45. The Morgan fingerprint density at radius 2 is 2.33 bits per heavy atom. The van der Waals surface area contributed by atoms with Crippen molar-refractivity contribution in [2.45, 2.75) is 32.2 Å². The molecule has 0 aromatic heterocycles. The maximum atomic E-state index is 12.4. The number of hydrogen-bond acceptors (Lipinski definition) is 4. The van der Waals surface area contributed by atoms with Gasteiger partial charge in [-0.1, -0.05) is 17.7 Å². The van der Waals surface area contributed by atoms with Gasteiger partial charge in [0.25, 0.3) is 5.91 Å². The van der Waals surface area contributed by atoms with Crippen molar-refractivity contribution in [2.24, 2.45) is 0 Å². The second-order valence-electron chi connectivity index (χ2n) is 5.21. The molecule has 1 aromatic rings. The van der Waals surface area contributed by atoms with Crippen LogP contribution in [-0.4, -0.2) is 53.9 Å². The van der Waals surface area contributed by atoms with Gasteiger partial charge in [0.05, 0.1) is 18.8 Å². The number of carbonyl (C=O) groups is 1. The first-order chi connectivity index (χ1) is 9.99. The number of halogens is 1. The van der Waals surface area contributed by atoms with Crippen LogP contribution >= 0.6 is 11.6 Å². The molecule has 21 heavy (non-hydrogen) atoms. The molecule has 1 aromatic carbocycles. The van der Waals surface area contributed by atoms with Gasteiger partial charge in [0.15, 0.2) is 6.10 Å². The Morgan fingerprint density at radius 1 is 1.57 bits per heavy atom.